The maximum absolute atomic E-state index is 13.7. The summed E-state index contributed by atoms with van der Waals surface area (Å²) in [6, 6.07) is 5.29. The molecule has 0 saturated carbocycles. The smallest absolute Gasteiger partial charge is 0.130 e. The number of nitrogens with zero attached hydrogens (tertiary/aromatic N) is 1. The summed E-state index contributed by atoms with van der Waals surface area (Å²) in [5.41, 5.74) is 1.19. The molecule has 1 aromatic rings. The van der Waals surface area contributed by atoms with Crippen molar-refractivity contribution in [2.45, 2.75) is 38.3 Å². The summed E-state index contributed by atoms with van der Waals surface area (Å²) in [6.45, 7) is 0.818. The van der Waals surface area contributed by atoms with Crippen LogP contribution in [0.25, 0.3) is 0 Å². The standard InChI is InChI=1S/C14H20FNO2/c15-13-6-1-7-14(12(13)10-18)16-8-2-4-11(16)5-3-9-17/h1,6-7,11,17-18H,2-5,8-10H2. The Kier molecular flexibility index (Phi) is 4.55. The lowest BCUT2D eigenvalue weighted by molar-refractivity contribution is 0.274. The number of halogens is 1. The van der Waals surface area contributed by atoms with E-state index in [0.717, 1.165) is 37.9 Å². The highest BCUT2D eigenvalue weighted by molar-refractivity contribution is 5.55. The van der Waals surface area contributed by atoms with E-state index < -0.39 is 0 Å². The van der Waals surface area contributed by atoms with Gasteiger partial charge in [0.2, 0.25) is 0 Å². The molecule has 0 bridgehead atoms. The van der Waals surface area contributed by atoms with Crippen LogP contribution in [-0.4, -0.2) is 29.4 Å². The number of hydrogen-bond donors (Lipinski definition) is 2. The molecule has 1 aromatic carbocycles. The molecule has 1 fully saturated rings. The second-order valence-corrected chi connectivity index (χ2v) is 4.75. The lowest BCUT2D eigenvalue weighted by Gasteiger charge is -2.28. The summed E-state index contributed by atoms with van der Waals surface area (Å²) >= 11 is 0. The zero-order valence-corrected chi connectivity index (χ0v) is 10.5. The number of aliphatic hydroxyl groups is 2. The summed E-state index contributed by atoms with van der Waals surface area (Å²) in [6.07, 6.45) is 3.84. The lowest BCUT2D eigenvalue weighted by atomic mass is 10.1. The fraction of sp³-hybridized carbons (Fsp3) is 0.571. The number of benzene rings is 1. The highest BCUT2D eigenvalue weighted by atomic mass is 19.1. The maximum atomic E-state index is 13.7. The summed E-state index contributed by atoms with van der Waals surface area (Å²) in [5, 5.41) is 18.2. The average molecular weight is 253 g/mol. The molecular weight excluding hydrogens is 233 g/mol. The molecule has 4 heteroatoms. The van der Waals surface area contributed by atoms with Crippen molar-refractivity contribution in [3.05, 3.63) is 29.6 Å². The van der Waals surface area contributed by atoms with E-state index in [2.05, 4.69) is 4.90 Å². The Balaban J connectivity index is 2.21. The minimum absolute atomic E-state index is 0.195. The Hall–Kier alpha value is -1.13. The van der Waals surface area contributed by atoms with Crippen molar-refractivity contribution in [3.63, 3.8) is 0 Å². The molecule has 1 saturated heterocycles. The quantitative estimate of drug-likeness (QED) is 0.844. The number of anilines is 1. The van der Waals surface area contributed by atoms with Crippen LogP contribution in [0.2, 0.25) is 0 Å². The Morgan fingerprint density at radius 2 is 2.17 bits per heavy atom. The van der Waals surface area contributed by atoms with Crippen LogP contribution < -0.4 is 4.90 Å². The first kappa shape index (κ1) is 13.3. The van der Waals surface area contributed by atoms with Gasteiger partial charge in [-0.15, -0.1) is 0 Å². The second-order valence-electron chi connectivity index (χ2n) is 4.75. The van der Waals surface area contributed by atoms with Gasteiger partial charge in [0.05, 0.1) is 6.61 Å². The van der Waals surface area contributed by atoms with Crippen molar-refractivity contribution in [2.24, 2.45) is 0 Å². The zero-order valence-electron chi connectivity index (χ0n) is 10.5. The fourth-order valence-electron chi connectivity index (χ4n) is 2.75. The van der Waals surface area contributed by atoms with E-state index >= 15 is 0 Å². The third kappa shape index (κ3) is 2.65. The molecule has 2 rings (SSSR count). The van der Waals surface area contributed by atoms with Crippen molar-refractivity contribution in [1.29, 1.82) is 0 Å². The second kappa shape index (κ2) is 6.16. The van der Waals surface area contributed by atoms with Crippen LogP contribution in [0.1, 0.15) is 31.2 Å². The molecular formula is C14H20FNO2. The predicted molar refractivity (Wildman–Crippen MR) is 69.0 cm³/mol. The summed E-state index contributed by atoms with van der Waals surface area (Å²) in [4.78, 5) is 2.17. The molecule has 0 aromatic heterocycles. The van der Waals surface area contributed by atoms with Crippen LogP contribution >= 0.6 is 0 Å². The predicted octanol–water partition coefficient (Wildman–Crippen LogP) is 2.06. The van der Waals surface area contributed by atoms with E-state index in [1.54, 1.807) is 6.07 Å². The van der Waals surface area contributed by atoms with E-state index in [1.807, 2.05) is 6.07 Å². The molecule has 0 radical (unpaired) electrons. The van der Waals surface area contributed by atoms with Crippen LogP contribution in [0.5, 0.6) is 0 Å². The largest absolute Gasteiger partial charge is 0.396 e. The maximum Gasteiger partial charge on any atom is 0.130 e. The van der Waals surface area contributed by atoms with Gasteiger partial charge < -0.3 is 15.1 Å². The number of aliphatic hydroxyl groups excluding tert-OH is 2. The monoisotopic (exact) mass is 253 g/mol. The normalized spacial score (nSPS) is 19.5. The van der Waals surface area contributed by atoms with Gasteiger partial charge in [0.1, 0.15) is 5.82 Å². The molecule has 100 valence electrons. The number of rotatable bonds is 5. The molecule has 1 atom stereocenters. The number of hydrogen-bond acceptors (Lipinski definition) is 3. The van der Waals surface area contributed by atoms with Crippen LogP contribution in [0.3, 0.4) is 0 Å². The highest BCUT2D eigenvalue weighted by Gasteiger charge is 2.26. The molecule has 1 unspecified atom stereocenters. The van der Waals surface area contributed by atoms with E-state index in [0.29, 0.717) is 11.6 Å². The van der Waals surface area contributed by atoms with Crippen LogP contribution in [0.4, 0.5) is 10.1 Å². The van der Waals surface area contributed by atoms with Crippen molar-refractivity contribution < 1.29 is 14.6 Å². The first-order valence-electron chi connectivity index (χ1n) is 6.53. The Labute approximate surface area is 107 Å². The van der Waals surface area contributed by atoms with E-state index in [-0.39, 0.29) is 19.0 Å². The topological polar surface area (TPSA) is 43.7 Å². The molecule has 0 spiro atoms. The van der Waals surface area contributed by atoms with Gasteiger partial charge in [-0.1, -0.05) is 6.07 Å². The minimum Gasteiger partial charge on any atom is -0.396 e. The van der Waals surface area contributed by atoms with Gasteiger partial charge >= 0.3 is 0 Å². The van der Waals surface area contributed by atoms with Gasteiger partial charge in [-0.2, -0.15) is 0 Å². The molecule has 0 aliphatic carbocycles. The summed E-state index contributed by atoms with van der Waals surface area (Å²) in [5.74, 6) is -0.345. The van der Waals surface area contributed by atoms with Crippen molar-refractivity contribution >= 4 is 5.69 Å². The Morgan fingerprint density at radius 3 is 2.89 bits per heavy atom. The van der Waals surface area contributed by atoms with Gasteiger partial charge in [-0.05, 0) is 37.8 Å². The average Bonchev–Trinajstić information content (AvgIpc) is 2.84. The van der Waals surface area contributed by atoms with Gasteiger partial charge in [-0.3, -0.25) is 0 Å². The molecule has 1 heterocycles. The SMILES string of the molecule is OCCCC1CCCN1c1cccc(F)c1CO. The Morgan fingerprint density at radius 1 is 1.33 bits per heavy atom. The van der Waals surface area contributed by atoms with Crippen molar-refractivity contribution in [2.75, 3.05) is 18.1 Å². The third-order valence-corrected chi connectivity index (χ3v) is 3.63. The van der Waals surface area contributed by atoms with Crippen molar-refractivity contribution in [1.82, 2.24) is 0 Å². The van der Waals surface area contributed by atoms with E-state index in [4.69, 9.17) is 5.11 Å². The fourth-order valence-corrected chi connectivity index (χ4v) is 2.75. The minimum atomic E-state index is -0.345. The molecule has 1 aliphatic rings. The highest BCUT2D eigenvalue weighted by Crippen LogP contribution is 2.31. The van der Waals surface area contributed by atoms with E-state index in [1.165, 1.54) is 6.07 Å². The first-order valence-corrected chi connectivity index (χ1v) is 6.53. The molecule has 18 heavy (non-hydrogen) atoms. The van der Waals surface area contributed by atoms with Crippen molar-refractivity contribution in [3.8, 4) is 0 Å². The lowest BCUT2D eigenvalue weighted by Crippen LogP contribution is -2.30. The zero-order chi connectivity index (χ0) is 13.0. The molecule has 1 aliphatic heterocycles. The Bertz CT molecular complexity index is 397. The van der Waals surface area contributed by atoms with Gasteiger partial charge in [0.15, 0.2) is 0 Å². The van der Waals surface area contributed by atoms with Gasteiger partial charge in [0.25, 0.3) is 0 Å². The summed E-state index contributed by atoms with van der Waals surface area (Å²) < 4.78 is 13.7. The molecule has 0 amide bonds. The van der Waals surface area contributed by atoms with Gasteiger partial charge in [0, 0.05) is 30.4 Å². The first-order chi connectivity index (χ1) is 8.77. The third-order valence-electron chi connectivity index (χ3n) is 3.63. The van der Waals surface area contributed by atoms with Crippen LogP contribution in [0.15, 0.2) is 18.2 Å². The van der Waals surface area contributed by atoms with Crippen LogP contribution in [0, 0.1) is 5.82 Å². The van der Waals surface area contributed by atoms with E-state index in [9.17, 15) is 9.50 Å². The van der Waals surface area contributed by atoms with Gasteiger partial charge in [-0.25, -0.2) is 4.39 Å². The van der Waals surface area contributed by atoms with Crippen LogP contribution in [-0.2, 0) is 6.61 Å². The molecule has 3 nitrogen and oxygen atoms in total. The molecule has 2 N–H and O–H groups in total. The summed E-state index contributed by atoms with van der Waals surface area (Å²) in [7, 11) is 0.